The van der Waals surface area contributed by atoms with Crippen molar-refractivity contribution in [3.05, 3.63) is 12.1 Å². The molecule has 1 aliphatic rings. The normalized spacial score (nSPS) is 16.4. The standard InChI is InChI=1S/C12H19N3O/c1-15(9-5-3-4-6-9)12-10(13)7-8-11(14-12)16-2/h7-9H,3-6,13H2,1-2H3. The van der Waals surface area contributed by atoms with Crippen LogP contribution in [0.5, 0.6) is 5.88 Å². The predicted molar refractivity (Wildman–Crippen MR) is 65.9 cm³/mol. The van der Waals surface area contributed by atoms with E-state index in [0.29, 0.717) is 11.9 Å². The lowest BCUT2D eigenvalue weighted by Gasteiger charge is -2.26. The maximum atomic E-state index is 5.95. The van der Waals surface area contributed by atoms with Gasteiger partial charge in [-0.05, 0) is 18.9 Å². The van der Waals surface area contributed by atoms with Gasteiger partial charge >= 0.3 is 0 Å². The molecule has 0 unspecified atom stereocenters. The summed E-state index contributed by atoms with van der Waals surface area (Å²) in [6.07, 6.45) is 5.07. The third-order valence-corrected chi connectivity index (χ3v) is 3.30. The molecule has 0 aromatic carbocycles. The summed E-state index contributed by atoms with van der Waals surface area (Å²) in [6.45, 7) is 0. The molecule has 1 fully saturated rings. The second kappa shape index (κ2) is 4.60. The molecule has 2 N–H and O–H groups in total. The zero-order valence-electron chi connectivity index (χ0n) is 9.94. The molecular formula is C12H19N3O. The largest absolute Gasteiger partial charge is 0.481 e. The molecule has 1 aromatic heterocycles. The van der Waals surface area contributed by atoms with Crippen molar-refractivity contribution < 1.29 is 4.74 Å². The first-order valence-corrected chi connectivity index (χ1v) is 5.75. The third kappa shape index (κ3) is 2.05. The zero-order chi connectivity index (χ0) is 11.5. The summed E-state index contributed by atoms with van der Waals surface area (Å²) < 4.78 is 5.13. The summed E-state index contributed by atoms with van der Waals surface area (Å²) in [5.41, 5.74) is 6.67. The number of nitrogens with two attached hydrogens (primary N) is 1. The molecule has 88 valence electrons. The van der Waals surface area contributed by atoms with Gasteiger partial charge in [0.15, 0.2) is 5.82 Å². The Morgan fingerprint density at radius 1 is 1.38 bits per heavy atom. The molecule has 0 spiro atoms. The Labute approximate surface area is 96.4 Å². The molecule has 1 aliphatic carbocycles. The Kier molecular flexibility index (Phi) is 3.17. The number of rotatable bonds is 3. The number of nitrogen functional groups attached to an aromatic ring is 1. The van der Waals surface area contributed by atoms with E-state index in [0.717, 1.165) is 11.5 Å². The number of pyridine rings is 1. The van der Waals surface area contributed by atoms with Crippen LogP contribution in [0.25, 0.3) is 0 Å². The number of methoxy groups -OCH3 is 1. The number of hydrogen-bond donors (Lipinski definition) is 1. The molecule has 1 heterocycles. The molecule has 0 aliphatic heterocycles. The average Bonchev–Trinajstić information content (AvgIpc) is 2.82. The molecule has 16 heavy (non-hydrogen) atoms. The smallest absolute Gasteiger partial charge is 0.215 e. The van der Waals surface area contributed by atoms with Gasteiger partial charge in [-0.1, -0.05) is 12.8 Å². The highest BCUT2D eigenvalue weighted by atomic mass is 16.5. The first-order valence-electron chi connectivity index (χ1n) is 5.75. The van der Waals surface area contributed by atoms with Crippen LogP contribution in [0.4, 0.5) is 11.5 Å². The maximum Gasteiger partial charge on any atom is 0.215 e. The Balaban J connectivity index is 2.23. The van der Waals surface area contributed by atoms with Crippen molar-refractivity contribution in [1.82, 2.24) is 4.98 Å². The molecule has 4 heteroatoms. The second-order valence-electron chi connectivity index (χ2n) is 4.32. The summed E-state index contributed by atoms with van der Waals surface area (Å²) in [6, 6.07) is 4.22. The lowest BCUT2D eigenvalue weighted by Crippen LogP contribution is -2.30. The molecule has 0 atom stereocenters. The van der Waals surface area contributed by atoms with Crippen molar-refractivity contribution in [3.8, 4) is 5.88 Å². The monoisotopic (exact) mass is 221 g/mol. The molecule has 0 bridgehead atoms. The average molecular weight is 221 g/mol. The Hall–Kier alpha value is -1.45. The van der Waals surface area contributed by atoms with Gasteiger partial charge in [-0.25, -0.2) is 0 Å². The van der Waals surface area contributed by atoms with Crippen molar-refractivity contribution in [3.63, 3.8) is 0 Å². The predicted octanol–water partition coefficient (Wildman–Crippen LogP) is 2.05. The summed E-state index contributed by atoms with van der Waals surface area (Å²) in [5.74, 6) is 1.46. The minimum atomic E-state index is 0.571. The number of hydrogen-bond acceptors (Lipinski definition) is 4. The summed E-state index contributed by atoms with van der Waals surface area (Å²) >= 11 is 0. The molecule has 1 saturated carbocycles. The Morgan fingerprint density at radius 2 is 2.06 bits per heavy atom. The Bertz CT molecular complexity index is 361. The molecule has 2 rings (SSSR count). The number of anilines is 2. The van der Waals surface area contributed by atoms with Gasteiger partial charge in [0.05, 0.1) is 12.8 Å². The van der Waals surface area contributed by atoms with Crippen LogP contribution >= 0.6 is 0 Å². The molecule has 0 saturated heterocycles. The minimum Gasteiger partial charge on any atom is -0.481 e. The van der Waals surface area contributed by atoms with Crippen LogP contribution in [-0.2, 0) is 0 Å². The molecule has 1 aromatic rings. The summed E-state index contributed by atoms with van der Waals surface area (Å²) in [4.78, 5) is 6.60. The van der Waals surface area contributed by atoms with Crippen molar-refractivity contribution >= 4 is 11.5 Å². The van der Waals surface area contributed by atoms with Gasteiger partial charge in [0.1, 0.15) is 0 Å². The summed E-state index contributed by atoms with van der Waals surface area (Å²) in [5, 5.41) is 0. The fourth-order valence-corrected chi connectivity index (χ4v) is 2.30. The molecule has 0 radical (unpaired) electrons. The number of ether oxygens (including phenoxy) is 1. The van der Waals surface area contributed by atoms with Crippen LogP contribution in [0.2, 0.25) is 0 Å². The van der Waals surface area contributed by atoms with Crippen molar-refractivity contribution in [1.29, 1.82) is 0 Å². The summed E-state index contributed by atoms with van der Waals surface area (Å²) in [7, 11) is 3.69. The zero-order valence-corrected chi connectivity index (χ0v) is 9.94. The van der Waals surface area contributed by atoms with Crippen molar-refractivity contribution in [2.75, 3.05) is 24.8 Å². The van der Waals surface area contributed by atoms with Crippen LogP contribution < -0.4 is 15.4 Å². The van der Waals surface area contributed by atoms with Crippen molar-refractivity contribution in [2.24, 2.45) is 0 Å². The minimum absolute atomic E-state index is 0.571. The highest BCUT2D eigenvalue weighted by molar-refractivity contribution is 5.63. The van der Waals surface area contributed by atoms with E-state index < -0.39 is 0 Å². The van der Waals surface area contributed by atoms with E-state index >= 15 is 0 Å². The Morgan fingerprint density at radius 3 is 2.69 bits per heavy atom. The molecule has 0 amide bonds. The van der Waals surface area contributed by atoms with Gasteiger partial charge in [-0.2, -0.15) is 4.98 Å². The topological polar surface area (TPSA) is 51.4 Å². The quantitative estimate of drug-likeness (QED) is 0.848. The van der Waals surface area contributed by atoms with Crippen LogP contribution in [0.15, 0.2) is 12.1 Å². The van der Waals surface area contributed by atoms with E-state index in [1.54, 1.807) is 13.2 Å². The van der Waals surface area contributed by atoms with E-state index in [1.165, 1.54) is 25.7 Å². The van der Waals surface area contributed by atoms with Crippen LogP contribution in [0.1, 0.15) is 25.7 Å². The maximum absolute atomic E-state index is 5.95. The van der Waals surface area contributed by atoms with Gasteiger partial charge in [0, 0.05) is 19.2 Å². The van der Waals surface area contributed by atoms with E-state index in [2.05, 4.69) is 16.9 Å². The highest BCUT2D eigenvalue weighted by Crippen LogP contribution is 2.30. The fraction of sp³-hybridized carbons (Fsp3) is 0.583. The van der Waals surface area contributed by atoms with E-state index in [9.17, 15) is 0 Å². The first kappa shape index (κ1) is 11.0. The van der Waals surface area contributed by atoms with Crippen LogP contribution in [0.3, 0.4) is 0 Å². The van der Waals surface area contributed by atoms with Gasteiger partial charge in [0.2, 0.25) is 5.88 Å². The van der Waals surface area contributed by atoms with Gasteiger partial charge < -0.3 is 15.4 Å². The van der Waals surface area contributed by atoms with Gasteiger partial charge in [-0.15, -0.1) is 0 Å². The van der Waals surface area contributed by atoms with Gasteiger partial charge in [0.25, 0.3) is 0 Å². The fourth-order valence-electron chi connectivity index (χ4n) is 2.30. The molecular weight excluding hydrogens is 202 g/mol. The number of aromatic nitrogens is 1. The van der Waals surface area contributed by atoms with E-state index in [1.807, 2.05) is 6.07 Å². The second-order valence-corrected chi connectivity index (χ2v) is 4.32. The number of nitrogens with zero attached hydrogens (tertiary/aromatic N) is 2. The third-order valence-electron chi connectivity index (χ3n) is 3.30. The molecule has 4 nitrogen and oxygen atoms in total. The lowest BCUT2D eigenvalue weighted by molar-refractivity contribution is 0.397. The van der Waals surface area contributed by atoms with Gasteiger partial charge in [-0.3, -0.25) is 0 Å². The van der Waals surface area contributed by atoms with Crippen LogP contribution in [-0.4, -0.2) is 25.2 Å². The highest BCUT2D eigenvalue weighted by Gasteiger charge is 2.22. The first-order chi connectivity index (χ1) is 7.72. The SMILES string of the molecule is COc1ccc(N)c(N(C)C2CCCC2)n1. The van der Waals surface area contributed by atoms with E-state index in [4.69, 9.17) is 10.5 Å². The van der Waals surface area contributed by atoms with Crippen molar-refractivity contribution in [2.45, 2.75) is 31.7 Å². The lowest BCUT2D eigenvalue weighted by atomic mass is 10.2. The van der Waals surface area contributed by atoms with E-state index in [-0.39, 0.29) is 0 Å². The van der Waals surface area contributed by atoms with Crippen LogP contribution in [0, 0.1) is 0 Å².